The van der Waals surface area contributed by atoms with Crippen molar-refractivity contribution in [2.45, 2.75) is 165 Å². The van der Waals surface area contributed by atoms with E-state index in [0.29, 0.717) is 0 Å². The van der Waals surface area contributed by atoms with Gasteiger partial charge in [-0.1, -0.05) is 162 Å². The lowest BCUT2D eigenvalue weighted by Gasteiger charge is -2.32. The highest BCUT2D eigenvalue weighted by Gasteiger charge is 2.27. The molecule has 0 bridgehead atoms. The molecule has 0 fully saturated rings. The second kappa shape index (κ2) is 18.6. The number of hydrogen-bond acceptors (Lipinski definition) is 2. The Bertz CT molecular complexity index is 2420. The zero-order chi connectivity index (χ0) is 46.1. The molecule has 1 unspecified atom stereocenters. The summed E-state index contributed by atoms with van der Waals surface area (Å²) in [7, 11) is 0. The molecule has 63 heavy (non-hydrogen) atoms. The molecular formula is C61H78N2. The molecule has 0 heterocycles. The maximum Gasteiger partial charge on any atom is 0.0520 e. The fraction of sp³-hybridized carbons (Fsp3) is 0.410. The fourth-order valence-corrected chi connectivity index (χ4v) is 9.66. The van der Waals surface area contributed by atoms with E-state index in [0.717, 1.165) is 30.6 Å². The lowest BCUT2D eigenvalue weighted by atomic mass is 9.76. The predicted molar refractivity (Wildman–Crippen MR) is 278 cm³/mol. The van der Waals surface area contributed by atoms with Crippen molar-refractivity contribution in [2.24, 2.45) is 0 Å². The number of benzene rings is 6. The average molecular weight is 839 g/mol. The number of aryl methyl sites for hydroxylation is 4. The van der Waals surface area contributed by atoms with Crippen LogP contribution in [0.3, 0.4) is 0 Å². The van der Waals surface area contributed by atoms with Crippen molar-refractivity contribution < 1.29 is 0 Å². The lowest BCUT2D eigenvalue weighted by molar-refractivity contribution is 0.414. The number of anilines is 6. The molecule has 0 amide bonds. The first-order valence-corrected chi connectivity index (χ1v) is 23.9. The Kier molecular flexibility index (Phi) is 14.0. The van der Waals surface area contributed by atoms with Crippen LogP contribution in [0.1, 0.15) is 160 Å². The quantitative estimate of drug-likeness (QED) is 0.108. The van der Waals surface area contributed by atoms with Gasteiger partial charge in [0.15, 0.2) is 0 Å². The molecule has 6 aromatic rings. The van der Waals surface area contributed by atoms with Gasteiger partial charge in [0.05, 0.1) is 11.4 Å². The second-order valence-electron chi connectivity index (χ2n) is 21.2. The van der Waals surface area contributed by atoms with Gasteiger partial charge in [0.25, 0.3) is 0 Å². The molecular weight excluding hydrogens is 761 g/mol. The Morgan fingerprint density at radius 2 is 0.619 bits per heavy atom. The van der Waals surface area contributed by atoms with Gasteiger partial charge in [-0.3, -0.25) is 0 Å². The molecule has 0 saturated heterocycles. The number of rotatable bonds is 14. The van der Waals surface area contributed by atoms with E-state index in [1.165, 1.54) is 91.2 Å². The molecule has 0 aliphatic carbocycles. The van der Waals surface area contributed by atoms with Gasteiger partial charge in [-0.25, -0.2) is 0 Å². The van der Waals surface area contributed by atoms with Gasteiger partial charge in [0.2, 0.25) is 0 Å². The number of hydrogen-bond donors (Lipinski definition) is 0. The van der Waals surface area contributed by atoms with Crippen LogP contribution in [0.15, 0.2) is 121 Å². The zero-order valence-electron chi connectivity index (χ0n) is 42.0. The van der Waals surface area contributed by atoms with Crippen LogP contribution in [-0.2, 0) is 21.7 Å². The van der Waals surface area contributed by atoms with Crippen molar-refractivity contribution in [1.82, 2.24) is 0 Å². The van der Waals surface area contributed by atoms with E-state index < -0.39 is 0 Å². The Morgan fingerprint density at radius 3 is 0.873 bits per heavy atom. The predicted octanol–water partition coefficient (Wildman–Crippen LogP) is 18.7. The summed E-state index contributed by atoms with van der Waals surface area (Å²) < 4.78 is 0. The maximum atomic E-state index is 2.47. The van der Waals surface area contributed by atoms with E-state index in [9.17, 15) is 0 Å². The summed E-state index contributed by atoms with van der Waals surface area (Å²) in [6, 6.07) is 46.7. The van der Waals surface area contributed by atoms with Gasteiger partial charge < -0.3 is 9.80 Å². The van der Waals surface area contributed by atoms with Crippen LogP contribution in [0, 0.1) is 27.7 Å². The van der Waals surface area contributed by atoms with Gasteiger partial charge >= 0.3 is 0 Å². The minimum absolute atomic E-state index is 0.0726. The third kappa shape index (κ3) is 9.87. The summed E-state index contributed by atoms with van der Waals surface area (Å²) >= 11 is 0. The summed E-state index contributed by atoms with van der Waals surface area (Å²) in [5.41, 5.74) is 20.8. The molecule has 0 N–H and O–H groups in total. The van der Waals surface area contributed by atoms with Crippen LogP contribution in [0.4, 0.5) is 34.1 Å². The van der Waals surface area contributed by atoms with E-state index in [2.05, 4.69) is 242 Å². The topological polar surface area (TPSA) is 6.48 Å². The molecule has 1 atom stereocenters. The summed E-state index contributed by atoms with van der Waals surface area (Å²) in [5.74, 6) is 0. The third-order valence-electron chi connectivity index (χ3n) is 14.5. The van der Waals surface area contributed by atoms with Gasteiger partial charge in [-0.2, -0.15) is 0 Å². The molecule has 0 saturated carbocycles. The highest BCUT2D eigenvalue weighted by atomic mass is 15.2. The van der Waals surface area contributed by atoms with Crippen LogP contribution >= 0.6 is 0 Å². The summed E-state index contributed by atoms with van der Waals surface area (Å²) in [4.78, 5) is 4.94. The van der Waals surface area contributed by atoms with Crippen molar-refractivity contribution in [3.8, 4) is 11.1 Å². The summed E-state index contributed by atoms with van der Waals surface area (Å²) in [6.45, 7) is 37.0. The second-order valence-corrected chi connectivity index (χ2v) is 21.2. The summed E-state index contributed by atoms with van der Waals surface area (Å²) in [5, 5.41) is 0. The van der Waals surface area contributed by atoms with Crippen LogP contribution in [-0.4, -0.2) is 0 Å². The molecule has 0 spiro atoms. The highest BCUT2D eigenvalue weighted by molar-refractivity contribution is 5.84. The van der Waals surface area contributed by atoms with Crippen molar-refractivity contribution >= 4 is 34.1 Å². The summed E-state index contributed by atoms with van der Waals surface area (Å²) in [6.07, 6.45) is 5.74. The maximum absolute atomic E-state index is 2.47. The van der Waals surface area contributed by atoms with E-state index >= 15 is 0 Å². The molecule has 0 radical (unpaired) electrons. The molecule has 6 aromatic carbocycles. The highest BCUT2D eigenvalue weighted by Crippen LogP contribution is 2.45. The molecule has 0 aliphatic rings. The van der Waals surface area contributed by atoms with Gasteiger partial charge in [0.1, 0.15) is 0 Å². The van der Waals surface area contributed by atoms with Crippen molar-refractivity contribution in [3.05, 3.63) is 166 Å². The molecule has 0 aliphatic heterocycles. The largest absolute Gasteiger partial charge is 0.310 e. The monoisotopic (exact) mass is 839 g/mol. The molecule has 332 valence electrons. The first-order chi connectivity index (χ1) is 29.7. The minimum atomic E-state index is 0.0726. The smallest absolute Gasteiger partial charge is 0.0520 e. The Hall–Kier alpha value is -5.08. The van der Waals surface area contributed by atoms with Crippen molar-refractivity contribution in [2.75, 3.05) is 9.80 Å². The first kappa shape index (κ1) is 47.4. The van der Waals surface area contributed by atoms with Gasteiger partial charge in [0, 0.05) is 22.7 Å². The third-order valence-corrected chi connectivity index (χ3v) is 14.5. The average Bonchev–Trinajstić information content (AvgIpc) is 3.25. The van der Waals surface area contributed by atoms with Gasteiger partial charge in [-0.15, -0.1) is 0 Å². The van der Waals surface area contributed by atoms with Crippen molar-refractivity contribution in [1.29, 1.82) is 0 Å². The van der Waals surface area contributed by atoms with Gasteiger partial charge in [-0.05, 0) is 179 Å². The lowest BCUT2D eigenvalue weighted by Crippen LogP contribution is -2.21. The normalized spacial score (nSPS) is 13.2. The van der Waals surface area contributed by atoms with E-state index in [-0.39, 0.29) is 21.7 Å². The molecule has 6 rings (SSSR count). The SMILES string of the molecule is CCCC(C)(CC)c1ccc(N(c2ccc(-c3ccc(N(c4ccc(C(C)(CC)CC)cc4)c4c(C)cc(C(C)(C)C)cc4C)cc3)cc2)c2c(C)cc(C(C)(C)C)cc2C)cc1. The first-order valence-electron chi connectivity index (χ1n) is 23.9. The standard InChI is InChI=1S/C61H78N2/c1-17-37-61(16,20-4)49-27-35-55(36-28-49)63(57-44(7)40-51(41-45(57)8)59(12,13)14)53-31-23-47(24-32-53)46-21-29-52(30-22-46)62(54-33-25-48(26-34-54)60(15,18-2)19-3)56-42(5)38-50(39-43(56)6)58(9,10)11/h21-36,38-41H,17-20,37H2,1-16H3. The fourth-order valence-electron chi connectivity index (χ4n) is 9.66. The van der Waals surface area contributed by atoms with E-state index in [4.69, 9.17) is 0 Å². The van der Waals surface area contributed by atoms with Crippen LogP contribution in [0.2, 0.25) is 0 Å². The number of nitrogens with zero attached hydrogens (tertiary/aromatic N) is 2. The molecule has 0 aromatic heterocycles. The van der Waals surface area contributed by atoms with E-state index in [1.54, 1.807) is 0 Å². The zero-order valence-corrected chi connectivity index (χ0v) is 42.0. The van der Waals surface area contributed by atoms with Crippen LogP contribution in [0.25, 0.3) is 11.1 Å². The van der Waals surface area contributed by atoms with Crippen LogP contribution in [0.5, 0.6) is 0 Å². The molecule has 2 heteroatoms. The Balaban J connectivity index is 1.41. The van der Waals surface area contributed by atoms with E-state index in [1.807, 2.05) is 0 Å². The van der Waals surface area contributed by atoms with Crippen LogP contribution < -0.4 is 9.80 Å². The Labute approximate surface area is 383 Å². The molecule has 2 nitrogen and oxygen atoms in total. The van der Waals surface area contributed by atoms with Crippen molar-refractivity contribution in [3.63, 3.8) is 0 Å². The Morgan fingerprint density at radius 1 is 0.349 bits per heavy atom. The minimum Gasteiger partial charge on any atom is -0.310 e.